The van der Waals surface area contributed by atoms with E-state index in [1.165, 1.54) is 10.9 Å². The van der Waals surface area contributed by atoms with Crippen molar-refractivity contribution >= 4 is 47.1 Å². The van der Waals surface area contributed by atoms with Gasteiger partial charge in [-0.2, -0.15) is 13.2 Å². The Bertz CT molecular complexity index is 742. The van der Waals surface area contributed by atoms with Gasteiger partial charge in [-0.15, -0.1) is 35.3 Å². The Labute approximate surface area is 183 Å². The largest absolute Gasteiger partial charge is 0.417 e. The lowest BCUT2D eigenvalue weighted by molar-refractivity contribution is -0.137. The zero-order valence-corrected chi connectivity index (χ0v) is 19.0. The van der Waals surface area contributed by atoms with Crippen LogP contribution in [0.2, 0.25) is 0 Å². The van der Waals surface area contributed by atoms with Crippen LogP contribution in [0.25, 0.3) is 0 Å². The van der Waals surface area contributed by atoms with Crippen LogP contribution >= 0.6 is 35.3 Å². The van der Waals surface area contributed by atoms with Crippen LogP contribution in [-0.4, -0.2) is 36.1 Å². The van der Waals surface area contributed by atoms with Gasteiger partial charge in [0.25, 0.3) is 0 Å². The number of anilines is 1. The molecule has 0 unspecified atom stereocenters. The number of guanidine groups is 1. The Kier molecular flexibility index (Phi) is 9.93. The molecular formula is C17H24F3IN6S. The van der Waals surface area contributed by atoms with Crippen LogP contribution in [0.3, 0.4) is 0 Å². The standard InChI is InChI=1S/C17H23F3N6S.HI/c1-11-12(2)27-15(26-11)10-25-16(21-3)23-8-4-7-22-14-6-5-13(9-24-14)17(18,19)20;/h5-6,9H,4,7-8,10H2,1-3H3,(H,22,24)(H2,21,23,25);1H. The SMILES string of the molecule is CN=C(NCCCNc1ccc(C(F)(F)F)cn1)NCc1nc(C)c(C)s1.I. The number of aryl methyl sites for hydroxylation is 2. The highest BCUT2D eigenvalue weighted by molar-refractivity contribution is 14.0. The van der Waals surface area contributed by atoms with Crippen LogP contribution in [-0.2, 0) is 12.7 Å². The van der Waals surface area contributed by atoms with E-state index in [2.05, 4.69) is 30.9 Å². The fourth-order valence-corrected chi connectivity index (χ4v) is 3.05. The monoisotopic (exact) mass is 528 g/mol. The van der Waals surface area contributed by atoms with Gasteiger partial charge in [-0.3, -0.25) is 4.99 Å². The average Bonchev–Trinajstić information content (AvgIpc) is 2.95. The van der Waals surface area contributed by atoms with E-state index in [1.807, 2.05) is 13.8 Å². The smallest absolute Gasteiger partial charge is 0.370 e. The number of hydrogen-bond donors (Lipinski definition) is 3. The van der Waals surface area contributed by atoms with Crippen molar-refractivity contribution in [3.63, 3.8) is 0 Å². The molecule has 6 nitrogen and oxygen atoms in total. The molecular weight excluding hydrogens is 504 g/mol. The molecule has 28 heavy (non-hydrogen) atoms. The third-order valence-electron chi connectivity index (χ3n) is 3.75. The van der Waals surface area contributed by atoms with Crippen LogP contribution in [0, 0.1) is 13.8 Å². The van der Waals surface area contributed by atoms with E-state index in [-0.39, 0.29) is 24.0 Å². The average molecular weight is 528 g/mol. The van der Waals surface area contributed by atoms with E-state index in [0.29, 0.717) is 31.4 Å². The van der Waals surface area contributed by atoms with Crippen molar-refractivity contribution in [1.29, 1.82) is 0 Å². The van der Waals surface area contributed by atoms with Crippen LogP contribution in [0.1, 0.15) is 27.6 Å². The summed E-state index contributed by atoms with van der Waals surface area (Å²) < 4.78 is 37.5. The molecule has 0 aliphatic rings. The van der Waals surface area contributed by atoms with Gasteiger partial charge in [0, 0.05) is 31.2 Å². The third kappa shape index (κ3) is 7.78. The summed E-state index contributed by atoms with van der Waals surface area (Å²) in [5.74, 6) is 1.09. The number of halogens is 4. The highest BCUT2D eigenvalue weighted by Gasteiger charge is 2.30. The van der Waals surface area contributed by atoms with Crippen molar-refractivity contribution in [2.75, 3.05) is 25.5 Å². The summed E-state index contributed by atoms with van der Waals surface area (Å²) in [6.45, 7) is 5.87. The summed E-state index contributed by atoms with van der Waals surface area (Å²) in [6.07, 6.45) is -2.79. The predicted molar refractivity (Wildman–Crippen MR) is 118 cm³/mol. The Morgan fingerprint density at radius 1 is 1.18 bits per heavy atom. The number of thiazole rings is 1. The maximum Gasteiger partial charge on any atom is 0.417 e. The molecule has 0 spiro atoms. The van der Waals surface area contributed by atoms with Gasteiger partial charge in [0.2, 0.25) is 0 Å². The molecule has 0 aliphatic carbocycles. The first-order valence-electron chi connectivity index (χ1n) is 8.44. The molecule has 0 aliphatic heterocycles. The Balaban J connectivity index is 0.00000392. The van der Waals surface area contributed by atoms with E-state index in [1.54, 1.807) is 18.4 Å². The van der Waals surface area contributed by atoms with Crippen molar-refractivity contribution in [3.8, 4) is 0 Å². The molecule has 11 heteroatoms. The highest BCUT2D eigenvalue weighted by atomic mass is 127. The molecule has 0 amide bonds. The van der Waals surface area contributed by atoms with Gasteiger partial charge in [-0.05, 0) is 32.4 Å². The molecule has 2 aromatic rings. The summed E-state index contributed by atoms with van der Waals surface area (Å²) in [5, 5.41) is 10.4. The number of nitrogens with one attached hydrogen (secondary N) is 3. The minimum atomic E-state index is -4.37. The molecule has 0 radical (unpaired) electrons. The maximum atomic E-state index is 12.5. The van der Waals surface area contributed by atoms with E-state index in [0.717, 1.165) is 29.4 Å². The minimum absolute atomic E-state index is 0. The van der Waals surface area contributed by atoms with E-state index >= 15 is 0 Å². The summed E-state index contributed by atoms with van der Waals surface area (Å²) in [7, 11) is 1.69. The minimum Gasteiger partial charge on any atom is -0.370 e. The maximum absolute atomic E-state index is 12.5. The number of alkyl halides is 3. The first kappa shape index (κ1) is 24.4. The predicted octanol–water partition coefficient (Wildman–Crippen LogP) is 3.96. The summed E-state index contributed by atoms with van der Waals surface area (Å²) in [4.78, 5) is 13.6. The van der Waals surface area contributed by atoms with Gasteiger partial charge in [0.1, 0.15) is 10.8 Å². The third-order valence-corrected chi connectivity index (χ3v) is 4.82. The van der Waals surface area contributed by atoms with Crippen LogP contribution in [0.5, 0.6) is 0 Å². The summed E-state index contributed by atoms with van der Waals surface area (Å²) in [6, 6.07) is 2.34. The first-order valence-corrected chi connectivity index (χ1v) is 9.26. The molecule has 0 saturated carbocycles. The van der Waals surface area contributed by atoms with Gasteiger partial charge in [0.15, 0.2) is 5.96 Å². The molecule has 2 aromatic heterocycles. The fraction of sp³-hybridized carbons (Fsp3) is 0.471. The second-order valence-corrected chi connectivity index (χ2v) is 7.10. The van der Waals surface area contributed by atoms with Crippen LogP contribution in [0.15, 0.2) is 23.3 Å². The molecule has 0 aromatic carbocycles. The number of hydrogen-bond acceptors (Lipinski definition) is 5. The lowest BCUT2D eigenvalue weighted by Gasteiger charge is -2.11. The van der Waals surface area contributed by atoms with Gasteiger partial charge < -0.3 is 16.0 Å². The second kappa shape index (κ2) is 11.4. The highest BCUT2D eigenvalue weighted by Crippen LogP contribution is 2.28. The van der Waals surface area contributed by atoms with Crippen molar-refractivity contribution in [3.05, 3.63) is 39.5 Å². The van der Waals surface area contributed by atoms with Crippen LogP contribution in [0.4, 0.5) is 19.0 Å². The number of rotatable bonds is 7. The molecule has 156 valence electrons. The molecule has 2 rings (SSSR count). The lowest BCUT2D eigenvalue weighted by atomic mass is 10.3. The van der Waals surface area contributed by atoms with Gasteiger partial charge in [0.05, 0.1) is 17.8 Å². The number of nitrogens with zero attached hydrogens (tertiary/aromatic N) is 3. The van der Waals surface area contributed by atoms with E-state index in [9.17, 15) is 13.2 Å². The van der Waals surface area contributed by atoms with Crippen molar-refractivity contribution < 1.29 is 13.2 Å². The van der Waals surface area contributed by atoms with Crippen LogP contribution < -0.4 is 16.0 Å². The summed E-state index contributed by atoms with van der Waals surface area (Å²) in [5.41, 5.74) is 0.290. The van der Waals surface area contributed by atoms with Crippen molar-refractivity contribution in [2.24, 2.45) is 4.99 Å². The fourth-order valence-electron chi connectivity index (χ4n) is 2.17. The topological polar surface area (TPSA) is 74.2 Å². The first-order chi connectivity index (χ1) is 12.8. The Morgan fingerprint density at radius 2 is 1.93 bits per heavy atom. The Morgan fingerprint density at radius 3 is 2.46 bits per heavy atom. The lowest BCUT2D eigenvalue weighted by Crippen LogP contribution is -2.37. The second-order valence-electron chi connectivity index (χ2n) is 5.81. The van der Waals surface area contributed by atoms with E-state index in [4.69, 9.17) is 0 Å². The molecule has 0 fully saturated rings. The van der Waals surface area contributed by atoms with Gasteiger partial charge in [-0.25, -0.2) is 9.97 Å². The normalized spacial score (nSPS) is 11.7. The zero-order valence-electron chi connectivity index (χ0n) is 15.9. The van der Waals surface area contributed by atoms with Gasteiger partial charge in [-0.1, -0.05) is 0 Å². The van der Waals surface area contributed by atoms with Crippen molar-refractivity contribution in [1.82, 2.24) is 20.6 Å². The van der Waals surface area contributed by atoms with Gasteiger partial charge >= 0.3 is 6.18 Å². The number of aliphatic imine (C=N–C) groups is 1. The number of aromatic nitrogens is 2. The quantitative estimate of drug-likeness (QED) is 0.220. The Hall–Kier alpha value is -1.63. The number of pyridine rings is 1. The molecule has 0 bridgehead atoms. The molecule has 2 heterocycles. The molecule has 3 N–H and O–H groups in total. The summed E-state index contributed by atoms with van der Waals surface area (Å²) >= 11 is 1.66. The van der Waals surface area contributed by atoms with E-state index < -0.39 is 11.7 Å². The molecule has 0 saturated heterocycles. The zero-order chi connectivity index (χ0) is 19.9. The van der Waals surface area contributed by atoms with Crippen molar-refractivity contribution in [2.45, 2.75) is 33.0 Å². The molecule has 0 atom stereocenters.